The van der Waals surface area contributed by atoms with Crippen LogP contribution in [0, 0.1) is 5.41 Å². The van der Waals surface area contributed by atoms with E-state index in [1.165, 1.54) is 0 Å². The van der Waals surface area contributed by atoms with E-state index in [0.717, 1.165) is 0 Å². The molecule has 2 amide bonds. The van der Waals surface area contributed by atoms with Crippen LogP contribution in [0.25, 0.3) is 0 Å². The van der Waals surface area contributed by atoms with Gasteiger partial charge < -0.3 is 19.7 Å². The second-order valence-electron chi connectivity index (χ2n) is 6.29. The number of rotatable bonds is 3. The lowest BCUT2D eigenvalue weighted by Gasteiger charge is -2.24. The van der Waals surface area contributed by atoms with Crippen molar-refractivity contribution in [1.29, 1.82) is 0 Å². The molecule has 1 aromatic carbocycles. The second kappa shape index (κ2) is 6.10. The number of anilines is 1. The van der Waals surface area contributed by atoms with Gasteiger partial charge in [-0.05, 0) is 25.5 Å². The molecule has 0 spiro atoms. The van der Waals surface area contributed by atoms with E-state index in [9.17, 15) is 9.59 Å². The maximum atomic E-state index is 12.6. The zero-order valence-electron chi connectivity index (χ0n) is 13.6. The average molecular weight is 318 g/mol. The summed E-state index contributed by atoms with van der Waals surface area (Å²) in [7, 11) is 0. The summed E-state index contributed by atoms with van der Waals surface area (Å²) in [5.41, 5.74) is 0.124. The number of ether oxygens (including phenoxy) is 2. The summed E-state index contributed by atoms with van der Waals surface area (Å²) >= 11 is 0. The van der Waals surface area contributed by atoms with Gasteiger partial charge in [-0.1, -0.05) is 6.92 Å². The van der Waals surface area contributed by atoms with Gasteiger partial charge in [0.05, 0.1) is 5.41 Å². The van der Waals surface area contributed by atoms with Crippen LogP contribution in [0.4, 0.5) is 5.69 Å². The Kier molecular flexibility index (Phi) is 4.15. The van der Waals surface area contributed by atoms with Gasteiger partial charge in [-0.2, -0.15) is 0 Å². The fourth-order valence-electron chi connectivity index (χ4n) is 2.99. The molecule has 2 heterocycles. The summed E-state index contributed by atoms with van der Waals surface area (Å²) in [4.78, 5) is 26.2. The third kappa shape index (κ3) is 3.11. The van der Waals surface area contributed by atoms with Gasteiger partial charge >= 0.3 is 0 Å². The van der Waals surface area contributed by atoms with E-state index in [-0.39, 0.29) is 11.8 Å². The third-order valence-electron chi connectivity index (χ3n) is 4.48. The quantitative estimate of drug-likeness (QED) is 0.926. The van der Waals surface area contributed by atoms with Crippen molar-refractivity contribution in [2.24, 2.45) is 5.41 Å². The lowest BCUT2D eigenvalue weighted by molar-refractivity contribution is -0.131. The minimum atomic E-state index is -0.557. The van der Waals surface area contributed by atoms with Gasteiger partial charge in [-0.25, -0.2) is 0 Å². The molecule has 1 unspecified atom stereocenters. The predicted molar refractivity (Wildman–Crippen MR) is 85.7 cm³/mol. The van der Waals surface area contributed by atoms with Crippen molar-refractivity contribution in [1.82, 2.24) is 4.90 Å². The molecule has 0 saturated carbocycles. The van der Waals surface area contributed by atoms with E-state index in [2.05, 4.69) is 5.32 Å². The summed E-state index contributed by atoms with van der Waals surface area (Å²) in [6.45, 7) is 5.90. The number of nitrogens with zero attached hydrogens (tertiary/aromatic N) is 1. The number of fused-ring (bicyclic) bond motifs is 1. The molecule has 0 aromatic heterocycles. The Balaban J connectivity index is 1.68. The van der Waals surface area contributed by atoms with E-state index < -0.39 is 5.41 Å². The largest absolute Gasteiger partial charge is 0.486 e. The van der Waals surface area contributed by atoms with Crippen molar-refractivity contribution in [3.63, 3.8) is 0 Å². The SMILES string of the molecule is CCC(=O)N1CCC(C)(C(=O)Nc2ccc3c(c2)OCCO3)C1. The van der Waals surface area contributed by atoms with Crippen LogP contribution in [-0.2, 0) is 9.59 Å². The first-order valence-electron chi connectivity index (χ1n) is 8.01. The van der Waals surface area contributed by atoms with Crippen molar-refractivity contribution in [2.75, 3.05) is 31.6 Å². The van der Waals surface area contributed by atoms with Crippen molar-refractivity contribution in [3.05, 3.63) is 18.2 Å². The summed E-state index contributed by atoms with van der Waals surface area (Å²) in [6, 6.07) is 5.38. The first-order chi connectivity index (χ1) is 11.0. The van der Waals surface area contributed by atoms with E-state index in [1.54, 1.807) is 23.1 Å². The van der Waals surface area contributed by atoms with E-state index in [0.29, 0.717) is 56.3 Å². The normalized spacial score (nSPS) is 22.8. The van der Waals surface area contributed by atoms with Crippen LogP contribution in [0.1, 0.15) is 26.7 Å². The standard InChI is InChI=1S/C17H22N2O4/c1-3-15(20)19-7-6-17(2,11-19)16(21)18-12-4-5-13-14(10-12)23-9-8-22-13/h4-5,10H,3,6-9,11H2,1-2H3,(H,18,21). The Morgan fingerprint density at radius 1 is 1.26 bits per heavy atom. The first kappa shape index (κ1) is 15.6. The van der Waals surface area contributed by atoms with Crippen molar-refractivity contribution < 1.29 is 19.1 Å². The number of carbonyl (C=O) groups is 2. The van der Waals surface area contributed by atoms with Gasteiger partial charge in [-0.15, -0.1) is 0 Å². The molecule has 1 saturated heterocycles. The van der Waals surface area contributed by atoms with Crippen LogP contribution < -0.4 is 14.8 Å². The zero-order chi connectivity index (χ0) is 16.4. The number of likely N-dealkylation sites (tertiary alicyclic amines) is 1. The lowest BCUT2D eigenvalue weighted by Crippen LogP contribution is -2.38. The van der Waals surface area contributed by atoms with Crippen LogP contribution in [0.3, 0.4) is 0 Å². The van der Waals surface area contributed by atoms with Gasteiger partial charge in [0.15, 0.2) is 11.5 Å². The summed E-state index contributed by atoms with van der Waals surface area (Å²) in [5, 5.41) is 2.94. The number of carbonyl (C=O) groups excluding carboxylic acids is 2. The number of amides is 2. The molecule has 0 bridgehead atoms. The molecule has 0 radical (unpaired) electrons. The zero-order valence-corrected chi connectivity index (χ0v) is 13.6. The monoisotopic (exact) mass is 318 g/mol. The summed E-state index contributed by atoms with van der Waals surface area (Å²) < 4.78 is 11.0. The third-order valence-corrected chi connectivity index (χ3v) is 4.48. The van der Waals surface area contributed by atoms with E-state index in [4.69, 9.17) is 9.47 Å². The highest BCUT2D eigenvalue weighted by atomic mass is 16.6. The highest BCUT2D eigenvalue weighted by molar-refractivity contribution is 5.96. The second-order valence-corrected chi connectivity index (χ2v) is 6.29. The number of hydrogen-bond donors (Lipinski definition) is 1. The fraction of sp³-hybridized carbons (Fsp3) is 0.529. The number of hydrogen-bond acceptors (Lipinski definition) is 4. The molecule has 3 rings (SSSR count). The maximum absolute atomic E-state index is 12.6. The van der Waals surface area contributed by atoms with Crippen LogP contribution in [0.15, 0.2) is 18.2 Å². The molecule has 0 aliphatic carbocycles. The van der Waals surface area contributed by atoms with Gasteiger partial charge in [0.2, 0.25) is 11.8 Å². The molecule has 2 aliphatic heterocycles. The van der Waals surface area contributed by atoms with Gasteiger partial charge in [0.25, 0.3) is 0 Å². The van der Waals surface area contributed by atoms with Gasteiger partial charge in [0, 0.05) is 31.3 Å². The maximum Gasteiger partial charge on any atom is 0.232 e. The van der Waals surface area contributed by atoms with Crippen LogP contribution >= 0.6 is 0 Å². The van der Waals surface area contributed by atoms with Crippen molar-refractivity contribution in [3.8, 4) is 11.5 Å². The molecule has 1 fully saturated rings. The molecule has 124 valence electrons. The molecule has 6 heteroatoms. The Labute approximate surface area is 135 Å². The number of benzene rings is 1. The Hall–Kier alpha value is -2.24. The van der Waals surface area contributed by atoms with Crippen LogP contribution in [0.5, 0.6) is 11.5 Å². The lowest BCUT2D eigenvalue weighted by atomic mass is 9.88. The molecular weight excluding hydrogens is 296 g/mol. The molecule has 1 aromatic rings. The number of nitrogens with one attached hydrogen (secondary N) is 1. The van der Waals surface area contributed by atoms with Gasteiger partial charge in [0.1, 0.15) is 13.2 Å². The highest BCUT2D eigenvalue weighted by Gasteiger charge is 2.41. The molecule has 23 heavy (non-hydrogen) atoms. The summed E-state index contributed by atoms with van der Waals surface area (Å²) in [6.07, 6.45) is 1.15. The highest BCUT2D eigenvalue weighted by Crippen LogP contribution is 2.35. The Morgan fingerprint density at radius 3 is 2.74 bits per heavy atom. The van der Waals surface area contributed by atoms with Crippen molar-refractivity contribution in [2.45, 2.75) is 26.7 Å². The molecule has 6 nitrogen and oxygen atoms in total. The van der Waals surface area contributed by atoms with Crippen molar-refractivity contribution >= 4 is 17.5 Å². The molecule has 2 aliphatic rings. The predicted octanol–water partition coefficient (Wildman–Crippen LogP) is 2.04. The van der Waals surface area contributed by atoms with Crippen LogP contribution in [0.2, 0.25) is 0 Å². The Bertz CT molecular complexity index is 631. The first-order valence-corrected chi connectivity index (χ1v) is 8.01. The summed E-state index contributed by atoms with van der Waals surface area (Å²) in [5.74, 6) is 1.37. The van der Waals surface area contributed by atoms with E-state index >= 15 is 0 Å². The van der Waals surface area contributed by atoms with E-state index in [1.807, 2.05) is 13.8 Å². The molecule has 1 atom stereocenters. The smallest absolute Gasteiger partial charge is 0.232 e. The fourth-order valence-corrected chi connectivity index (χ4v) is 2.99. The molecule has 1 N–H and O–H groups in total. The van der Waals surface area contributed by atoms with Crippen LogP contribution in [-0.4, -0.2) is 43.0 Å². The average Bonchev–Trinajstić information content (AvgIpc) is 2.98. The van der Waals surface area contributed by atoms with Gasteiger partial charge in [-0.3, -0.25) is 9.59 Å². The minimum absolute atomic E-state index is 0.0689. The molecular formula is C17H22N2O4. The topological polar surface area (TPSA) is 67.9 Å². The Morgan fingerprint density at radius 2 is 2.00 bits per heavy atom. The minimum Gasteiger partial charge on any atom is -0.486 e.